The van der Waals surface area contributed by atoms with Crippen LogP contribution in [0.15, 0.2) is 12.1 Å². The molecule has 0 unspecified atom stereocenters. The summed E-state index contributed by atoms with van der Waals surface area (Å²) in [5, 5.41) is 8.83. The van der Waals surface area contributed by atoms with Crippen molar-refractivity contribution in [2.75, 3.05) is 0 Å². The Kier molecular flexibility index (Phi) is 4.46. The van der Waals surface area contributed by atoms with E-state index in [1.807, 2.05) is 12.1 Å². The third kappa shape index (κ3) is 3.49. The molecule has 0 heterocycles. The third-order valence-corrected chi connectivity index (χ3v) is 3.95. The van der Waals surface area contributed by atoms with Crippen molar-refractivity contribution in [2.24, 2.45) is 0 Å². The van der Waals surface area contributed by atoms with E-state index in [1.165, 1.54) is 18.4 Å². The number of hydrogen-bond donors (Lipinski definition) is 1. The maximum absolute atomic E-state index is 10.7. The van der Waals surface area contributed by atoms with Gasteiger partial charge in [0.25, 0.3) is 0 Å². The highest BCUT2D eigenvalue weighted by molar-refractivity contribution is 5.67. The van der Waals surface area contributed by atoms with E-state index < -0.39 is 5.97 Å². The van der Waals surface area contributed by atoms with Crippen molar-refractivity contribution in [1.82, 2.24) is 0 Å². The molecule has 1 aliphatic carbocycles. The Balaban J connectivity index is 2.20. The number of benzene rings is 1. The van der Waals surface area contributed by atoms with Crippen LogP contribution in [0.3, 0.4) is 0 Å². The zero-order valence-corrected chi connectivity index (χ0v) is 11.7. The van der Waals surface area contributed by atoms with E-state index in [1.54, 1.807) is 0 Å². The first-order chi connectivity index (χ1) is 9.08. The Labute approximate surface area is 114 Å². The van der Waals surface area contributed by atoms with Gasteiger partial charge >= 0.3 is 5.97 Å². The molecule has 0 radical (unpaired) electrons. The second-order valence-electron chi connectivity index (χ2n) is 5.41. The van der Waals surface area contributed by atoms with Crippen LogP contribution in [0.4, 0.5) is 0 Å². The second kappa shape index (κ2) is 6.09. The van der Waals surface area contributed by atoms with E-state index in [9.17, 15) is 4.79 Å². The molecule has 1 aromatic carbocycles. The standard InChI is InChI=1S/C16H22O3/c1-11-7-8-13(9-10-15(17)18)16(12(11)2)19-14-5-3-4-6-14/h7-8,14H,3-6,9-10H2,1-2H3,(H,17,18). The molecule has 0 bridgehead atoms. The van der Waals surface area contributed by atoms with E-state index in [4.69, 9.17) is 9.84 Å². The highest BCUT2D eigenvalue weighted by Gasteiger charge is 2.20. The fourth-order valence-electron chi connectivity index (χ4n) is 2.62. The van der Waals surface area contributed by atoms with Crippen molar-refractivity contribution in [2.45, 2.75) is 58.5 Å². The Hall–Kier alpha value is -1.51. The lowest BCUT2D eigenvalue weighted by atomic mass is 10.0. The number of aliphatic carboxylic acids is 1. The molecule has 19 heavy (non-hydrogen) atoms. The van der Waals surface area contributed by atoms with Crippen molar-refractivity contribution in [3.63, 3.8) is 0 Å². The Bertz CT molecular complexity index is 459. The Morgan fingerprint density at radius 2 is 2.00 bits per heavy atom. The summed E-state index contributed by atoms with van der Waals surface area (Å²) in [5.41, 5.74) is 3.37. The summed E-state index contributed by atoms with van der Waals surface area (Å²) in [6.45, 7) is 4.13. The molecule has 3 heteroatoms. The number of rotatable bonds is 5. The van der Waals surface area contributed by atoms with Gasteiger partial charge in [0.2, 0.25) is 0 Å². The third-order valence-electron chi connectivity index (χ3n) is 3.95. The van der Waals surface area contributed by atoms with Crippen LogP contribution in [0.5, 0.6) is 5.75 Å². The van der Waals surface area contributed by atoms with Gasteiger partial charge in [-0.3, -0.25) is 4.79 Å². The van der Waals surface area contributed by atoms with Gasteiger partial charge in [0.1, 0.15) is 5.75 Å². The molecular formula is C16H22O3. The van der Waals surface area contributed by atoms with E-state index >= 15 is 0 Å². The zero-order valence-electron chi connectivity index (χ0n) is 11.7. The van der Waals surface area contributed by atoms with Gasteiger partial charge in [-0.15, -0.1) is 0 Å². The molecule has 104 valence electrons. The molecule has 0 atom stereocenters. The fraction of sp³-hybridized carbons (Fsp3) is 0.562. The molecule has 1 fully saturated rings. The molecular weight excluding hydrogens is 240 g/mol. The largest absolute Gasteiger partial charge is 0.490 e. The van der Waals surface area contributed by atoms with Crippen LogP contribution >= 0.6 is 0 Å². The number of carboxylic acid groups (broad SMARTS) is 1. The number of ether oxygens (including phenoxy) is 1. The van der Waals surface area contributed by atoms with Gasteiger partial charge in [-0.25, -0.2) is 0 Å². The van der Waals surface area contributed by atoms with Crippen molar-refractivity contribution in [3.05, 3.63) is 28.8 Å². The first kappa shape index (κ1) is 13.9. The lowest BCUT2D eigenvalue weighted by Gasteiger charge is -2.20. The highest BCUT2D eigenvalue weighted by Crippen LogP contribution is 2.32. The van der Waals surface area contributed by atoms with E-state index in [2.05, 4.69) is 13.8 Å². The van der Waals surface area contributed by atoms with Crippen LogP contribution in [-0.4, -0.2) is 17.2 Å². The molecule has 0 aliphatic heterocycles. The summed E-state index contributed by atoms with van der Waals surface area (Å²) in [6.07, 6.45) is 5.71. The quantitative estimate of drug-likeness (QED) is 0.881. The predicted molar refractivity (Wildman–Crippen MR) is 74.8 cm³/mol. The topological polar surface area (TPSA) is 46.5 Å². The number of aryl methyl sites for hydroxylation is 2. The molecule has 0 spiro atoms. The maximum atomic E-state index is 10.7. The number of carboxylic acids is 1. The average Bonchev–Trinajstić information content (AvgIpc) is 2.87. The van der Waals surface area contributed by atoms with Crippen molar-refractivity contribution >= 4 is 5.97 Å². The molecule has 1 aliphatic rings. The second-order valence-corrected chi connectivity index (χ2v) is 5.41. The van der Waals surface area contributed by atoms with Gasteiger partial charge < -0.3 is 9.84 Å². The molecule has 1 saturated carbocycles. The van der Waals surface area contributed by atoms with Crippen LogP contribution < -0.4 is 4.74 Å². The van der Waals surface area contributed by atoms with Gasteiger partial charge in [-0.2, -0.15) is 0 Å². The molecule has 0 aromatic heterocycles. The van der Waals surface area contributed by atoms with Crippen LogP contribution in [0.2, 0.25) is 0 Å². The van der Waals surface area contributed by atoms with Gasteiger partial charge in [0.15, 0.2) is 0 Å². The first-order valence-electron chi connectivity index (χ1n) is 7.05. The summed E-state index contributed by atoms with van der Waals surface area (Å²) in [4.78, 5) is 10.7. The average molecular weight is 262 g/mol. The minimum Gasteiger partial charge on any atom is -0.490 e. The van der Waals surface area contributed by atoms with Gasteiger partial charge in [-0.05, 0) is 62.6 Å². The van der Waals surface area contributed by atoms with Crippen LogP contribution in [-0.2, 0) is 11.2 Å². The van der Waals surface area contributed by atoms with E-state index in [-0.39, 0.29) is 6.42 Å². The molecule has 1 N–H and O–H groups in total. The Morgan fingerprint density at radius 1 is 1.32 bits per heavy atom. The lowest BCUT2D eigenvalue weighted by Crippen LogP contribution is -2.14. The molecule has 3 nitrogen and oxygen atoms in total. The van der Waals surface area contributed by atoms with Crippen molar-refractivity contribution in [1.29, 1.82) is 0 Å². The van der Waals surface area contributed by atoms with Crippen LogP contribution in [0.1, 0.15) is 48.8 Å². The summed E-state index contributed by atoms with van der Waals surface area (Å²) in [6, 6.07) is 4.06. The summed E-state index contributed by atoms with van der Waals surface area (Å²) < 4.78 is 6.16. The summed E-state index contributed by atoms with van der Waals surface area (Å²) in [7, 11) is 0. The van der Waals surface area contributed by atoms with Crippen LogP contribution in [0.25, 0.3) is 0 Å². The minimum absolute atomic E-state index is 0.156. The predicted octanol–water partition coefficient (Wildman–Crippen LogP) is 3.64. The number of hydrogen-bond acceptors (Lipinski definition) is 2. The summed E-state index contributed by atoms with van der Waals surface area (Å²) >= 11 is 0. The Morgan fingerprint density at radius 3 is 2.63 bits per heavy atom. The summed E-state index contributed by atoms with van der Waals surface area (Å²) in [5.74, 6) is 0.165. The highest BCUT2D eigenvalue weighted by atomic mass is 16.5. The normalized spacial score (nSPS) is 15.7. The lowest BCUT2D eigenvalue weighted by molar-refractivity contribution is -0.136. The van der Waals surface area contributed by atoms with Crippen LogP contribution in [0, 0.1) is 13.8 Å². The van der Waals surface area contributed by atoms with Crippen molar-refractivity contribution in [3.8, 4) is 5.75 Å². The SMILES string of the molecule is Cc1ccc(CCC(=O)O)c(OC2CCCC2)c1C. The smallest absolute Gasteiger partial charge is 0.303 e. The van der Waals surface area contributed by atoms with Crippen molar-refractivity contribution < 1.29 is 14.6 Å². The van der Waals surface area contributed by atoms with E-state index in [0.29, 0.717) is 12.5 Å². The van der Waals surface area contributed by atoms with Gasteiger partial charge in [0.05, 0.1) is 6.10 Å². The molecule has 1 aromatic rings. The van der Waals surface area contributed by atoms with Gasteiger partial charge in [0, 0.05) is 6.42 Å². The van der Waals surface area contributed by atoms with E-state index in [0.717, 1.165) is 29.7 Å². The fourth-order valence-corrected chi connectivity index (χ4v) is 2.62. The molecule has 0 amide bonds. The minimum atomic E-state index is -0.759. The maximum Gasteiger partial charge on any atom is 0.303 e. The number of carbonyl (C=O) groups is 1. The molecule has 0 saturated heterocycles. The zero-order chi connectivity index (χ0) is 13.8. The van der Waals surface area contributed by atoms with Gasteiger partial charge in [-0.1, -0.05) is 12.1 Å². The molecule has 2 rings (SSSR count). The monoisotopic (exact) mass is 262 g/mol. The first-order valence-corrected chi connectivity index (χ1v) is 7.05.